The number of ketones is 1. The molecular weight excluding hydrogens is 256 g/mol. The molecule has 0 bridgehead atoms. The van der Waals surface area contributed by atoms with Crippen LogP contribution in [0.25, 0.3) is 0 Å². The molecule has 0 spiro atoms. The number of hydrogen-bond acceptors (Lipinski definition) is 5. The first-order valence-corrected chi connectivity index (χ1v) is 6.95. The van der Waals surface area contributed by atoms with E-state index in [1.807, 2.05) is 0 Å². The number of aromatic hydroxyl groups is 2. The van der Waals surface area contributed by atoms with Crippen LogP contribution in [0.15, 0.2) is 18.2 Å². The summed E-state index contributed by atoms with van der Waals surface area (Å²) >= 11 is 0. The maximum Gasteiger partial charge on any atom is 0.176 e. The van der Waals surface area contributed by atoms with Crippen molar-refractivity contribution in [2.75, 3.05) is 33.2 Å². The highest BCUT2D eigenvalue weighted by Gasteiger charge is 2.22. The second kappa shape index (κ2) is 6.24. The van der Waals surface area contributed by atoms with Gasteiger partial charge in [-0.15, -0.1) is 0 Å². The number of Topliss-reactive ketones (excluding diaryl/α,β-unsaturated/α-hetero) is 1. The van der Waals surface area contributed by atoms with Crippen LogP contribution < -0.4 is 0 Å². The second-order valence-electron chi connectivity index (χ2n) is 5.56. The number of carbonyl (C=O) groups excluding carboxylic acids is 1. The predicted molar refractivity (Wildman–Crippen MR) is 77.3 cm³/mol. The molecule has 1 aliphatic rings. The van der Waals surface area contributed by atoms with Gasteiger partial charge in [-0.25, -0.2) is 0 Å². The van der Waals surface area contributed by atoms with Gasteiger partial charge in [0.15, 0.2) is 17.3 Å². The summed E-state index contributed by atoms with van der Waals surface area (Å²) in [5, 5.41) is 18.7. The van der Waals surface area contributed by atoms with Gasteiger partial charge < -0.3 is 15.1 Å². The number of phenols is 2. The lowest BCUT2D eigenvalue weighted by Gasteiger charge is -2.27. The Balaban J connectivity index is 2.04. The quantitative estimate of drug-likeness (QED) is 0.644. The van der Waals surface area contributed by atoms with Crippen LogP contribution in [-0.4, -0.2) is 65.1 Å². The Kier molecular flexibility index (Phi) is 4.62. The molecular formula is C15H22N2O3. The molecule has 1 atom stereocenters. The Hall–Kier alpha value is -1.59. The Morgan fingerprint density at radius 2 is 2.05 bits per heavy atom. The van der Waals surface area contributed by atoms with E-state index in [2.05, 4.69) is 23.8 Å². The Morgan fingerprint density at radius 1 is 1.30 bits per heavy atom. The van der Waals surface area contributed by atoms with Gasteiger partial charge in [-0.3, -0.25) is 9.69 Å². The Labute approximate surface area is 119 Å². The van der Waals surface area contributed by atoms with Crippen LogP contribution in [0.5, 0.6) is 11.5 Å². The highest BCUT2D eigenvalue weighted by Crippen LogP contribution is 2.25. The van der Waals surface area contributed by atoms with Gasteiger partial charge in [0.25, 0.3) is 0 Å². The lowest BCUT2D eigenvalue weighted by molar-refractivity contribution is 0.0900. The molecule has 1 aromatic rings. The van der Waals surface area contributed by atoms with Crippen LogP contribution in [-0.2, 0) is 0 Å². The number of phenolic OH excluding ortho intramolecular Hbond substituents is 2. The van der Waals surface area contributed by atoms with Gasteiger partial charge in [0, 0.05) is 24.7 Å². The van der Waals surface area contributed by atoms with Gasteiger partial charge in [0.2, 0.25) is 0 Å². The number of nitrogens with zero attached hydrogens (tertiary/aromatic N) is 2. The van der Waals surface area contributed by atoms with Crippen molar-refractivity contribution in [2.24, 2.45) is 0 Å². The van der Waals surface area contributed by atoms with Crippen molar-refractivity contribution in [1.29, 1.82) is 0 Å². The van der Waals surface area contributed by atoms with Crippen LogP contribution in [0.2, 0.25) is 0 Å². The van der Waals surface area contributed by atoms with Gasteiger partial charge in [-0.05, 0) is 45.1 Å². The second-order valence-corrected chi connectivity index (χ2v) is 5.56. The van der Waals surface area contributed by atoms with Gasteiger partial charge in [0.1, 0.15) is 0 Å². The van der Waals surface area contributed by atoms with E-state index < -0.39 is 0 Å². The molecule has 1 heterocycles. The number of hydrogen-bond donors (Lipinski definition) is 2. The number of carbonyl (C=O) groups is 1. The van der Waals surface area contributed by atoms with Crippen LogP contribution >= 0.6 is 0 Å². The summed E-state index contributed by atoms with van der Waals surface area (Å²) in [5.74, 6) is -0.484. The van der Waals surface area contributed by atoms with E-state index in [1.165, 1.54) is 12.1 Å². The predicted octanol–water partition coefficient (Wildman–Crippen LogP) is 1.31. The third-order valence-electron chi connectivity index (χ3n) is 3.83. The van der Waals surface area contributed by atoms with Crippen molar-refractivity contribution >= 4 is 5.78 Å². The molecule has 0 saturated carbocycles. The van der Waals surface area contributed by atoms with Crippen molar-refractivity contribution in [3.63, 3.8) is 0 Å². The molecule has 20 heavy (non-hydrogen) atoms. The van der Waals surface area contributed by atoms with E-state index in [1.54, 1.807) is 6.07 Å². The van der Waals surface area contributed by atoms with Gasteiger partial charge in [-0.2, -0.15) is 0 Å². The van der Waals surface area contributed by atoms with Gasteiger partial charge in [-0.1, -0.05) is 0 Å². The zero-order valence-electron chi connectivity index (χ0n) is 12.0. The minimum absolute atomic E-state index is 0.0308. The van der Waals surface area contributed by atoms with Gasteiger partial charge >= 0.3 is 0 Å². The first kappa shape index (κ1) is 14.8. The van der Waals surface area contributed by atoms with Crippen molar-refractivity contribution in [2.45, 2.75) is 19.4 Å². The number of benzene rings is 1. The first-order chi connectivity index (χ1) is 9.47. The van der Waals surface area contributed by atoms with Crippen molar-refractivity contribution in [3.05, 3.63) is 23.8 Å². The zero-order valence-corrected chi connectivity index (χ0v) is 12.0. The summed E-state index contributed by atoms with van der Waals surface area (Å²) in [6, 6.07) is 4.55. The molecule has 1 aromatic carbocycles. The third kappa shape index (κ3) is 3.49. The molecule has 2 rings (SSSR count). The van der Waals surface area contributed by atoms with E-state index >= 15 is 0 Å². The summed E-state index contributed by atoms with van der Waals surface area (Å²) in [7, 11) is 2.10. The summed E-state index contributed by atoms with van der Waals surface area (Å²) < 4.78 is 0. The first-order valence-electron chi connectivity index (χ1n) is 6.95. The van der Waals surface area contributed by atoms with E-state index in [4.69, 9.17) is 0 Å². The largest absolute Gasteiger partial charge is 0.504 e. The number of rotatable bonds is 3. The minimum Gasteiger partial charge on any atom is -0.504 e. The molecule has 5 heteroatoms. The molecule has 2 N–H and O–H groups in total. The molecule has 0 aliphatic carbocycles. The highest BCUT2D eigenvalue weighted by atomic mass is 16.3. The molecule has 5 nitrogen and oxygen atoms in total. The molecule has 1 fully saturated rings. The van der Waals surface area contributed by atoms with Gasteiger partial charge in [0.05, 0.1) is 6.54 Å². The van der Waals surface area contributed by atoms with Crippen LogP contribution in [0.1, 0.15) is 23.7 Å². The fourth-order valence-electron chi connectivity index (χ4n) is 2.63. The molecule has 110 valence electrons. The average Bonchev–Trinajstić information content (AvgIpc) is 2.54. The maximum absolute atomic E-state index is 12.3. The maximum atomic E-state index is 12.3. The molecule has 0 amide bonds. The smallest absolute Gasteiger partial charge is 0.176 e. The summed E-state index contributed by atoms with van der Waals surface area (Å²) in [4.78, 5) is 16.7. The summed E-state index contributed by atoms with van der Waals surface area (Å²) in [5.41, 5.74) is 0.435. The molecule has 1 saturated heterocycles. The molecule has 1 aliphatic heterocycles. The highest BCUT2D eigenvalue weighted by molar-refractivity contribution is 5.98. The topological polar surface area (TPSA) is 64.0 Å². The van der Waals surface area contributed by atoms with E-state index in [9.17, 15) is 15.0 Å². The summed E-state index contributed by atoms with van der Waals surface area (Å²) in [6.07, 6.45) is 1.05. The van der Waals surface area contributed by atoms with Crippen molar-refractivity contribution < 1.29 is 15.0 Å². The standard InChI is InChI=1S/C15H22N2O3/c1-11-9-16(2)6-3-7-17(11)10-15(20)12-4-5-13(18)14(19)8-12/h4-5,8,11,18-19H,3,6-7,9-10H2,1-2H3. The van der Waals surface area contributed by atoms with E-state index in [0.29, 0.717) is 18.2 Å². The van der Waals surface area contributed by atoms with Crippen molar-refractivity contribution in [3.8, 4) is 11.5 Å². The lowest BCUT2D eigenvalue weighted by Crippen LogP contribution is -2.40. The normalized spacial score (nSPS) is 21.6. The average molecular weight is 278 g/mol. The van der Waals surface area contributed by atoms with Crippen LogP contribution in [0.4, 0.5) is 0 Å². The summed E-state index contributed by atoms with van der Waals surface area (Å²) in [6.45, 7) is 5.38. The lowest BCUT2D eigenvalue weighted by atomic mass is 10.1. The van der Waals surface area contributed by atoms with Crippen molar-refractivity contribution in [1.82, 2.24) is 9.80 Å². The minimum atomic E-state index is -0.250. The van der Waals surface area contributed by atoms with E-state index in [0.717, 1.165) is 26.1 Å². The van der Waals surface area contributed by atoms with E-state index in [-0.39, 0.29) is 17.3 Å². The Bertz CT molecular complexity index is 490. The fraction of sp³-hybridized carbons (Fsp3) is 0.533. The number of likely N-dealkylation sites (N-methyl/N-ethyl adjacent to an activating group) is 1. The monoisotopic (exact) mass is 278 g/mol. The fourth-order valence-corrected chi connectivity index (χ4v) is 2.63. The SMILES string of the molecule is CC1CN(C)CCCN1CC(=O)c1ccc(O)c(O)c1. The third-order valence-corrected chi connectivity index (χ3v) is 3.83. The molecule has 0 radical (unpaired) electrons. The van der Waals surface area contributed by atoms with Crippen LogP contribution in [0.3, 0.4) is 0 Å². The molecule has 0 aromatic heterocycles. The zero-order chi connectivity index (χ0) is 14.7. The van der Waals surface area contributed by atoms with Crippen LogP contribution in [0, 0.1) is 0 Å². The molecule has 1 unspecified atom stereocenters. The Morgan fingerprint density at radius 3 is 2.75 bits per heavy atom.